The Morgan fingerprint density at radius 2 is 1.53 bits per heavy atom. The molecule has 0 saturated carbocycles. The molecular weight excluding hydrogens is 422 g/mol. The van der Waals surface area contributed by atoms with Crippen molar-refractivity contribution in [2.45, 2.75) is 12.8 Å². The first-order valence-electron chi connectivity index (χ1n) is 10.1. The third-order valence-electron chi connectivity index (χ3n) is 4.94. The summed E-state index contributed by atoms with van der Waals surface area (Å²) in [6.07, 6.45) is 0.870. The van der Waals surface area contributed by atoms with Gasteiger partial charge in [-0.05, 0) is 34.4 Å². The van der Waals surface area contributed by atoms with Crippen LogP contribution < -0.4 is 14.8 Å². The molecule has 4 aromatic rings. The van der Waals surface area contributed by atoms with Gasteiger partial charge in [0.15, 0.2) is 11.5 Å². The second kappa shape index (κ2) is 10.1. The average molecular weight is 446 g/mol. The van der Waals surface area contributed by atoms with E-state index in [2.05, 4.69) is 27.6 Å². The number of ether oxygens (including phenoxy) is 2. The molecule has 0 aliphatic heterocycles. The molecule has 0 fully saturated rings. The van der Waals surface area contributed by atoms with Crippen molar-refractivity contribution in [3.63, 3.8) is 0 Å². The topological polar surface area (TPSA) is 73.3 Å². The summed E-state index contributed by atoms with van der Waals surface area (Å²) in [5.74, 6) is 1.23. The molecule has 0 aliphatic rings. The van der Waals surface area contributed by atoms with Crippen LogP contribution in [-0.2, 0) is 17.6 Å². The summed E-state index contributed by atoms with van der Waals surface area (Å²) in [4.78, 5) is 12.5. The minimum Gasteiger partial charge on any atom is -0.493 e. The summed E-state index contributed by atoms with van der Waals surface area (Å²) in [6, 6.07) is 23.9. The van der Waals surface area contributed by atoms with E-state index < -0.39 is 0 Å². The maximum atomic E-state index is 12.5. The van der Waals surface area contributed by atoms with Gasteiger partial charge in [-0.1, -0.05) is 72.0 Å². The molecule has 0 bridgehead atoms. The summed E-state index contributed by atoms with van der Waals surface area (Å²) < 4.78 is 10.6. The van der Waals surface area contributed by atoms with Crippen molar-refractivity contribution >= 4 is 22.4 Å². The molecule has 7 heteroatoms. The predicted molar refractivity (Wildman–Crippen MR) is 126 cm³/mol. The van der Waals surface area contributed by atoms with Gasteiger partial charge < -0.3 is 14.8 Å². The predicted octanol–water partition coefficient (Wildman–Crippen LogP) is 4.99. The van der Waals surface area contributed by atoms with Gasteiger partial charge in [0.25, 0.3) is 0 Å². The van der Waals surface area contributed by atoms with Crippen LogP contribution in [0.25, 0.3) is 11.1 Å². The van der Waals surface area contributed by atoms with Crippen molar-refractivity contribution in [2.24, 2.45) is 0 Å². The number of hydrogen-bond donors (Lipinski definition) is 1. The number of amides is 1. The van der Waals surface area contributed by atoms with E-state index in [1.54, 1.807) is 14.2 Å². The number of benzene rings is 3. The van der Waals surface area contributed by atoms with Crippen molar-refractivity contribution in [2.75, 3.05) is 19.5 Å². The summed E-state index contributed by atoms with van der Waals surface area (Å²) in [5.41, 5.74) is 4.24. The Bertz CT molecular complexity index is 1190. The molecule has 3 aromatic carbocycles. The number of aromatic nitrogens is 2. The van der Waals surface area contributed by atoms with E-state index in [0.717, 1.165) is 27.3 Å². The zero-order valence-corrected chi connectivity index (χ0v) is 18.7. The quantitative estimate of drug-likeness (QED) is 0.413. The Kier molecular flexibility index (Phi) is 6.77. The summed E-state index contributed by atoms with van der Waals surface area (Å²) in [5, 5.41) is 12.4. The first-order chi connectivity index (χ1) is 15.6. The fraction of sp³-hybridized carbons (Fsp3) is 0.160. The highest BCUT2D eigenvalue weighted by atomic mass is 32.1. The molecule has 0 aliphatic carbocycles. The first kappa shape index (κ1) is 21.5. The van der Waals surface area contributed by atoms with Gasteiger partial charge in [0.05, 0.1) is 20.6 Å². The molecule has 32 heavy (non-hydrogen) atoms. The van der Waals surface area contributed by atoms with Crippen molar-refractivity contribution in [3.8, 4) is 22.6 Å². The second-order valence-corrected chi connectivity index (χ2v) is 8.22. The largest absolute Gasteiger partial charge is 0.493 e. The fourth-order valence-electron chi connectivity index (χ4n) is 3.34. The minimum atomic E-state index is -0.119. The van der Waals surface area contributed by atoms with Crippen LogP contribution in [0.1, 0.15) is 16.1 Å². The van der Waals surface area contributed by atoms with Crippen molar-refractivity contribution in [3.05, 3.63) is 88.9 Å². The summed E-state index contributed by atoms with van der Waals surface area (Å²) in [6.45, 7) is 0. The number of carbonyl (C=O) groups excluding carboxylic acids is 1. The number of rotatable bonds is 8. The minimum absolute atomic E-state index is 0.119. The van der Waals surface area contributed by atoms with E-state index in [1.807, 2.05) is 60.7 Å². The third kappa shape index (κ3) is 5.31. The number of anilines is 1. The number of methoxy groups -OCH3 is 2. The van der Waals surface area contributed by atoms with Crippen LogP contribution in [0, 0.1) is 0 Å². The maximum absolute atomic E-state index is 12.5. The van der Waals surface area contributed by atoms with Crippen LogP contribution in [0.15, 0.2) is 72.8 Å². The second-order valence-electron chi connectivity index (χ2n) is 7.15. The van der Waals surface area contributed by atoms with E-state index >= 15 is 0 Å². The van der Waals surface area contributed by atoms with E-state index in [1.165, 1.54) is 11.3 Å². The van der Waals surface area contributed by atoms with Gasteiger partial charge in [-0.25, -0.2) is 0 Å². The van der Waals surface area contributed by atoms with E-state index in [-0.39, 0.29) is 12.3 Å². The Morgan fingerprint density at radius 1 is 0.844 bits per heavy atom. The third-order valence-corrected chi connectivity index (χ3v) is 5.78. The number of nitrogens with zero attached hydrogens (tertiary/aromatic N) is 2. The number of carbonyl (C=O) groups is 1. The van der Waals surface area contributed by atoms with Gasteiger partial charge in [0.1, 0.15) is 5.01 Å². The van der Waals surface area contributed by atoms with Gasteiger partial charge in [-0.15, -0.1) is 10.2 Å². The van der Waals surface area contributed by atoms with Crippen LogP contribution in [0.2, 0.25) is 0 Å². The molecule has 1 N–H and O–H groups in total. The van der Waals surface area contributed by atoms with E-state index in [0.29, 0.717) is 23.1 Å². The number of hydrogen-bond acceptors (Lipinski definition) is 6. The smallest absolute Gasteiger partial charge is 0.230 e. The fourth-order valence-corrected chi connectivity index (χ4v) is 4.13. The highest BCUT2D eigenvalue weighted by Crippen LogP contribution is 2.29. The van der Waals surface area contributed by atoms with Gasteiger partial charge >= 0.3 is 0 Å². The van der Waals surface area contributed by atoms with E-state index in [4.69, 9.17) is 9.47 Å². The van der Waals surface area contributed by atoms with Gasteiger partial charge in [0, 0.05) is 6.42 Å². The Balaban J connectivity index is 1.35. The zero-order chi connectivity index (χ0) is 22.3. The lowest BCUT2D eigenvalue weighted by Gasteiger charge is -2.08. The van der Waals surface area contributed by atoms with Gasteiger partial charge in [-0.3, -0.25) is 4.79 Å². The molecule has 1 heterocycles. The first-order valence-corrected chi connectivity index (χ1v) is 10.9. The highest BCUT2D eigenvalue weighted by molar-refractivity contribution is 7.15. The molecule has 0 unspecified atom stereocenters. The lowest BCUT2D eigenvalue weighted by molar-refractivity contribution is -0.115. The van der Waals surface area contributed by atoms with Gasteiger partial charge in [0.2, 0.25) is 11.0 Å². The maximum Gasteiger partial charge on any atom is 0.230 e. The normalized spacial score (nSPS) is 10.6. The number of nitrogens with one attached hydrogen (secondary N) is 1. The van der Waals surface area contributed by atoms with Crippen molar-refractivity contribution in [1.29, 1.82) is 0 Å². The lowest BCUT2D eigenvalue weighted by Crippen LogP contribution is -2.14. The molecule has 0 radical (unpaired) electrons. The van der Waals surface area contributed by atoms with Crippen LogP contribution in [0.5, 0.6) is 11.5 Å². The molecule has 4 rings (SSSR count). The molecule has 1 amide bonds. The summed E-state index contributed by atoms with van der Waals surface area (Å²) >= 11 is 1.36. The lowest BCUT2D eigenvalue weighted by atomic mass is 10.0. The molecule has 6 nitrogen and oxygen atoms in total. The van der Waals surface area contributed by atoms with Crippen LogP contribution >= 0.6 is 11.3 Å². The van der Waals surface area contributed by atoms with Crippen LogP contribution in [0.4, 0.5) is 5.13 Å². The Hall–Kier alpha value is -3.71. The molecule has 0 atom stereocenters. The highest BCUT2D eigenvalue weighted by Gasteiger charge is 2.11. The van der Waals surface area contributed by atoms with Crippen molar-refractivity contribution < 1.29 is 14.3 Å². The molecule has 0 saturated heterocycles. The molecule has 0 spiro atoms. The zero-order valence-electron chi connectivity index (χ0n) is 17.9. The average Bonchev–Trinajstić information content (AvgIpc) is 3.26. The monoisotopic (exact) mass is 445 g/mol. The molecule has 162 valence electrons. The van der Waals surface area contributed by atoms with Crippen molar-refractivity contribution in [1.82, 2.24) is 10.2 Å². The molecular formula is C25H23N3O3S. The van der Waals surface area contributed by atoms with Crippen LogP contribution in [0.3, 0.4) is 0 Å². The Labute approximate surface area is 190 Å². The van der Waals surface area contributed by atoms with Crippen LogP contribution in [-0.4, -0.2) is 30.3 Å². The standard InChI is InChI=1S/C25H23N3O3S/c1-30-21-13-10-18(14-22(21)31-2)16-24-27-28-25(32-24)26-23(29)15-17-8-11-20(12-9-17)19-6-4-3-5-7-19/h3-14H,15-16H2,1-2H3,(H,26,28,29). The van der Waals surface area contributed by atoms with E-state index in [9.17, 15) is 4.79 Å². The van der Waals surface area contributed by atoms with Gasteiger partial charge in [-0.2, -0.15) is 0 Å². The Morgan fingerprint density at radius 3 is 2.25 bits per heavy atom. The molecule has 1 aromatic heterocycles. The SMILES string of the molecule is COc1ccc(Cc2nnc(NC(=O)Cc3ccc(-c4ccccc4)cc3)s2)cc1OC. The summed E-state index contributed by atoms with van der Waals surface area (Å²) in [7, 11) is 3.21.